The highest BCUT2D eigenvalue weighted by molar-refractivity contribution is 7.80. The van der Waals surface area contributed by atoms with Crippen LogP contribution in [0.3, 0.4) is 0 Å². The highest BCUT2D eigenvalue weighted by atomic mass is 32.1. The summed E-state index contributed by atoms with van der Waals surface area (Å²) in [5, 5.41) is 52.0. The third-order valence-corrected chi connectivity index (χ3v) is 8.71. The van der Waals surface area contributed by atoms with Crippen molar-refractivity contribution in [3.63, 3.8) is 0 Å². The Balaban J connectivity index is 3.19. The maximum absolute atomic E-state index is 13.5. The van der Waals surface area contributed by atoms with Gasteiger partial charge in [-0.3, -0.25) is 62.3 Å². The Hall–Kier alpha value is -6.58. The van der Waals surface area contributed by atoms with Gasteiger partial charge < -0.3 is 74.0 Å². The van der Waals surface area contributed by atoms with Crippen molar-refractivity contribution in [3.05, 3.63) is 0 Å². The van der Waals surface area contributed by atoms with Crippen LogP contribution in [0.15, 0.2) is 0 Å². The number of hydrogen-bond donors (Lipinski definition) is 14. The number of nitrogens with zero attached hydrogens (tertiary/aromatic N) is 1. The summed E-state index contributed by atoms with van der Waals surface area (Å²) in [4.78, 5) is 161. The predicted octanol–water partition coefficient (Wildman–Crippen LogP) is -7.32. The molecule has 0 aromatic heterocycles. The molecule has 0 aliphatic carbocycles. The van der Waals surface area contributed by atoms with E-state index < -0.39 is 165 Å². The van der Waals surface area contributed by atoms with Gasteiger partial charge in [0.1, 0.15) is 36.3 Å². The summed E-state index contributed by atoms with van der Waals surface area (Å²) in [7, 11) is 0. The first kappa shape index (κ1) is 51.4. The molecule has 9 amide bonds. The van der Waals surface area contributed by atoms with E-state index in [0.717, 1.165) is 11.8 Å². The third-order valence-electron chi connectivity index (χ3n) is 8.32. The summed E-state index contributed by atoms with van der Waals surface area (Å²) in [5.41, 5.74) is 10.6. The molecule has 0 aromatic carbocycles. The van der Waals surface area contributed by atoms with Crippen LogP contribution in [0.4, 0.5) is 0 Å². The molecule has 0 unspecified atom stereocenters. The Bertz CT molecular complexity index is 1700. The van der Waals surface area contributed by atoms with Gasteiger partial charge in [0.15, 0.2) is 0 Å². The van der Waals surface area contributed by atoms with Crippen LogP contribution in [-0.2, 0) is 62.3 Å². The van der Waals surface area contributed by atoms with Gasteiger partial charge in [0.05, 0.1) is 38.4 Å². The molecule has 28 heteroatoms. The molecule has 1 heterocycles. The molecule has 7 atom stereocenters. The molecule has 27 nitrogen and oxygen atoms in total. The maximum Gasteiger partial charge on any atom is 0.325 e. The van der Waals surface area contributed by atoms with Crippen LogP contribution in [0.1, 0.15) is 51.9 Å². The smallest absolute Gasteiger partial charge is 0.325 e. The van der Waals surface area contributed by atoms with Gasteiger partial charge >= 0.3 is 23.9 Å². The lowest BCUT2D eigenvalue weighted by Gasteiger charge is -2.29. The molecule has 60 heavy (non-hydrogen) atoms. The van der Waals surface area contributed by atoms with Crippen LogP contribution in [-0.4, -0.2) is 170 Å². The van der Waals surface area contributed by atoms with E-state index in [1.54, 1.807) is 0 Å². The molecule has 1 fully saturated rings. The van der Waals surface area contributed by atoms with E-state index in [-0.39, 0.29) is 25.1 Å². The Labute approximate surface area is 345 Å². The SMILES string of the molecule is C[C@H](NC(=O)[C@H](CC(=O)O)NC(=O)[C@H](CCC(N)=O)NC(=O)[C@H](CC(=O)O)NC(=O)[C@@H]1CCCN1C(=O)[C@H](CC(=O)O)NC(=O)CNC(=O)CNC(=O)[C@@H](N)CS)C(=O)O. The van der Waals surface area contributed by atoms with Gasteiger partial charge in [-0.1, -0.05) is 0 Å². The summed E-state index contributed by atoms with van der Waals surface area (Å²) in [6.45, 7) is -0.489. The van der Waals surface area contributed by atoms with Crippen LogP contribution in [0.25, 0.3) is 0 Å². The van der Waals surface area contributed by atoms with Crippen molar-refractivity contribution in [1.29, 1.82) is 0 Å². The number of carboxylic acid groups (broad SMARTS) is 4. The molecule has 0 radical (unpaired) electrons. The number of carbonyl (C=O) groups excluding carboxylic acids is 9. The summed E-state index contributed by atoms with van der Waals surface area (Å²) >= 11 is 3.85. The number of nitrogens with one attached hydrogen (secondary N) is 7. The Morgan fingerprint density at radius 2 is 1.17 bits per heavy atom. The van der Waals surface area contributed by atoms with Gasteiger partial charge in [-0.25, -0.2) is 0 Å². The van der Waals surface area contributed by atoms with E-state index in [1.807, 2.05) is 10.6 Å². The fourth-order valence-electron chi connectivity index (χ4n) is 5.26. The first-order valence-corrected chi connectivity index (χ1v) is 18.5. The van der Waals surface area contributed by atoms with Crippen molar-refractivity contribution in [2.24, 2.45) is 11.5 Å². The Morgan fingerprint density at radius 3 is 1.70 bits per heavy atom. The van der Waals surface area contributed by atoms with Crippen LogP contribution in [0, 0.1) is 0 Å². The van der Waals surface area contributed by atoms with Crippen molar-refractivity contribution in [2.75, 3.05) is 25.4 Å². The number of amides is 9. The molecule has 0 spiro atoms. The number of thiol groups is 1. The minimum absolute atomic E-state index is 0.0182. The van der Waals surface area contributed by atoms with Crippen molar-refractivity contribution in [3.8, 4) is 0 Å². The molecule has 0 aromatic rings. The van der Waals surface area contributed by atoms with Crippen LogP contribution in [0.5, 0.6) is 0 Å². The number of aliphatic carboxylic acids is 4. The molecule has 334 valence electrons. The number of carboxylic acids is 4. The number of rotatable bonds is 26. The maximum atomic E-state index is 13.5. The molecule has 1 rings (SSSR count). The standard InChI is InChI=1S/C32H48N10O17S/c1-13(32(58)59)37-28(54)16(7-23(46)47)40-27(53)15(4-5-20(34)43)39-29(55)17(8-24(48)49)41-30(56)19-3-2-6-42(19)31(57)18(9-25(50)51)38-22(45)11-35-21(44)10-36-26(52)14(33)12-60/h13-19,60H,2-12,33H2,1H3,(H2,34,43)(H,35,44)(H,36,52)(H,37,54)(H,38,45)(H,39,55)(H,40,53)(H,41,56)(H,46,47)(H,48,49)(H,50,51)(H,58,59)/t13-,14-,15-,16-,17-,18-,19-/m0/s1. The van der Waals surface area contributed by atoms with Gasteiger partial charge in [0, 0.05) is 18.7 Å². The molecule has 1 aliphatic heterocycles. The van der Waals surface area contributed by atoms with Gasteiger partial charge in [-0.2, -0.15) is 12.6 Å². The van der Waals surface area contributed by atoms with Crippen molar-refractivity contribution >= 4 is 89.7 Å². The predicted molar refractivity (Wildman–Crippen MR) is 201 cm³/mol. The summed E-state index contributed by atoms with van der Waals surface area (Å²) in [6.07, 6.45) is -4.34. The van der Waals surface area contributed by atoms with Crippen molar-refractivity contribution < 1.29 is 82.8 Å². The average molecular weight is 877 g/mol. The van der Waals surface area contributed by atoms with E-state index in [9.17, 15) is 77.6 Å². The van der Waals surface area contributed by atoms with Crippen LogP contribution < -0.4 is 48.7 Å². The second kappa shape index (κ2) is 25.0. The van der Waals surface area contributed by atoms with Crippen LogP contribution >= 0.6 is 12.6 Å². The zero-order valence-electron chi connectivity index (χ0n) is 32.0. The second-order valence-corrected chi connectivity index (χ2v) is 13.5. The summed E-state index contributed by atoms with van der Waals surface area (Å²) in [6, 6.07) is -11.5. The Kier molecular flexibility index (Phi) is 21.5. The lowest BCUT2D eigenvalue weighted by molar-refractivity contribution is -0.146. The average Bonchev–Trinajstić information content (AvgIpc) is 3.65. The minimum atomic E-state index is -2.00. The van der Waals surface area contributed by atoms with E-state index in [2.05, 4.69) is 39.2 Å². The highest BCUT2D eigenvalue weighted by Crippen LogP contribution is 2.20. The molecule has 0 saturated carbocycles. The molecular formula is C32H48N10O17S. The third kappa shape index (κ3) is 18.3. The monoisotopic (exact) mass is 876 g/mol. The molecule has 1 aliphatic rings. The van der Waals surface area contributed by atoms with Gasteiger partial charge in [-0.15, -0.1) is 0 Å². The number of likely N-dealkylation sites (tertiary alicyclic amines) is 1. The molecule has 0 bridgehead atoms. The summed E-state index contributed by atoms with van der Waals surface area (Å²) in [5.74, 6) is -16.0. The van der Waals surface area contributed by atoms with E-state index in [1.165, 1.54) is 0 Å². The first-order valence-electron chi connectivity index (χ1n) is 17.9. The zero-order chi connectivity index (χ0) is 45.9. The highest BCUT2D eigenvalue weighted by Gasteiger charge is 2.40. The largest absolute Gasteiger partial charge is 0.481 e. The fraction of sp³-hybridized carbons (Fsp3) is 0.594. The zero-order valence-corrected chi connectivity index (χ0v) is 32.9. The molecule has 15 N–H and O–H groups in total. The van der Waals surface area contributed by atoms with Crippen molar-refractivity contribution in [1.82, 2.24) is 42.1 Å². The number of primary amides is 1. The van der Waals surface area contributed by atoms with Gasteiger partial charge in [-0.05, 0) is 26.2 Å². The quantitative estimate of drug-likeness (QED) is 0.0359. The van der Waals surface area contributed by atoms with Crippen molar-refractivity contribution in [2.45, 2.75) is 94.2 Å². The van der Waals surface area contributed by atoms with E-state index >= 15 is 0 Å². The first-order chi connectivity index (χ1) is 28.0. The summed E-state index contributed by atoms with van der Waals surface area (Å²) < 4.78 is 0. The normalized spacial score (nSPS) is 16.2. The second-order valence-electron chi connectivity index (χ2n) is 13.1. The lowest BCUT2D eigenvalue weighted by atomic mass is 10.1. The molecular weight excluding hydrogens is 828 g/mol. The number of carbonyl (C=O) groups is 13. The van der Waals surface area contributed by atoms with Gasteiger partial charge in [0.25, 0.3) is 0 Å². The van der Waals surface area contributed by atoms with E-state index in [0.29, 0.717) is 0 Å². The molecule has 1 saturated heterocycles. The minimum Gasteiger partial charge on any atom is -0.481 e. The number of nitrogens with two attached hydrogens (primary N) is 2. The topological polar surface area (TPSA) is 442 Å². The lowest BCUT2D eigenvalue weighted by Crippen LogP contribution is -2.60. The fourth-order valence-corrected chi connectivity index (χ4v) is 5.42. The van der Waals surface area contributed by atoms with Crippen LogP contribution in [0.2, 0.25) is 0 Å². The van der Waals surface area contributed by atoms with Gasteiger partial charge in [0.2, 0.25) is 53.2 Å². The number of hydrogen-bond acceptors (Lipinski definition) is 15. The van der Waals surface area contributed by atoms with E-state index in [4.69, 9.17) is 16.6 Å². The Morgan fingerprint density at radius 1 is 0.667 bits per heavy atom.